The van der Waals surface area contributed by atoms with Gasteiger partial charge in [0.1, 0.15) is 0 Å². The fourth-order valence-electron chi connectivity index (χ4n) is 4.51. The average Bonchev–Trinajstić information content (AvgIpc) is 2.80. The Balaban J connectivity index is 1.83. The van der Waals surface area contributed by atoms with E-state index in [1.54, 1.807) is 0 Å². The van der Waals surface area contributed by atoms with Gasteiger partial charge < -0.3 is 0 Å². The van der Waals surface area contributed by atoms with Gasteiger partial charge >= 0.3 is 0 Å². The molecular formula is C31H30. The molecule has 0 radical (unpaired) electrons. The highest BCUT2D eigenvalue weighted by Crippen LogP contribution is 2.33. The molecule has 0 atom stereocenters. The molecule has 0 saturated heterocycles. The van der Waals surface area contributed by atoms with Crippen molar-refractivity contribution in [2.75, 3.05) is 0 Å². The number of aryl methyl sites for hydroxylation is 2. The number of hydrogen-bond acceptors (Lipinski definition) is 0. The van der Waals surface area contributed by atoms with Crippen LogP contribution in [0.5, 0.6) is 0 Å². The molecule has 0 heteroatoms. The summed E-state index contributed by atoms with van der Waals surface area (Å²) in [7, 11) is 0. The Bertz CT molecular complexity index is 1280. The Hall–Kier alpha value is -3.38. The topological polar surface area (TPSA) is 0 Å². The van der Waals surface area contributed by atoms with Crippen LogP contribution in [0.3, 0.4) is 0 Å². The van der Waals surface area contributed by atoms with E-state index < -0.39 is 0 Å². The molecule has 0 aliphatic heterocycles. The van der Waals surface area contributed by atoms with Gasteiger partial charge in [0.25, 0.3) is 0 Å². The quantitative estimate of drug-likeness (QED) is 0.447. The summed E-state index contributed by atoms with van der Waals surface area (Å²) in [6.45, 7) is 8.76. The number of rotatable bonds is 5. The van der Waals surface area contributed by atoms with Crippen LogP contribution in [0.2, 0.25) is 0 Å². The second-order valence-corrected chi connectivity index (χ2v) is 8.26. The molecule has 1 aliphatic rings. The van der Waals surface area contributed by atoms with Crippen LogP contribution >= 0.6 is 0 Å². The molecule has 0 heterocycles. The summed E-state index contributed by atoms with van der Waals surface area (Å²) < 4.78 is 0. The molecule has 3 aromatic carbocycles. The van der Waals surface area contributed by atoms with Crippen LogP contribution in [0.4, 0.5) is 0 Å². The van der Waals surface area contributed by atoms with E-state index in [0.29, 0.717) is 0 Å². The van der Waals surface area contributed by atoms with Gasteiger partial charge in [-0.2, -0.15) is 0 Å². The maximum absolute atomic E-state index is 4.33. The fourth-order valence-corrected chi connectivity index (χ4v) is 4.51. The molecule has 0 spiro atoms. The molecule has 31 heavy (non-hydrogen) atoms. The third-order valence-corrected chi connectivity index (χ3v) is 6.18. The van der Waals surface area contributed by atoms with Crippen molar-refractivity contribution in [3.05, 3.63) is 135 Å². The summed E-state index contributed by atoms with van der Waals surface area (Å²) >= 11 is 0. The second-order valence-electron chi connectivity index (χ2n) is 8.26. The largest absolute Gasteiger partial charge is 0.0911 e. The zero-order chi connectivity index (χ0) is 21.6. The molecule has 1 aliphatic carbocycles. The molecule has 3 aromatic rings. The van der Waals surface area contributed by atoms with Gasteiger partial charge in [-0.25, -0.2) is 0 Å². The summed E-state index contributed by atoms with van der Waals surface area (Å²) in [5.74, 6) is 0. The summed E-state index contributed by atoms with van der Waals surface area (Å²) in [5, 5.41) is 2.34. The van der Waals surface area contributed by atoms with E-state index in [1.165, 1.54) is 44.2 Å². The van der Waals surface area contributed by atoms with Crippen molar-refractivity contribution in [1.29, 1.82) is 0 Å². The lowest BCUT2D eigenvalue weighted by Crippen LogP contribution is -2.25. The first kappa shape index (κ1) is 20.9. The van der Waals surface area contributed by atoms with E-state index in [1.807, 2.05) is 0 Å². The van der Waals surface area contributed by atoms with Gasteiger partial charge in [-0.1, -0.05) is 104 Å². The normalized spacial score (nSPS) is 15.7. The lowest BCUT2D eigenvalue weighted by Gasteiger charge is -2.18. The van der Waals surface area contributed by atoms with Crippen LogP contribution in [0.1, 0.15) is 41.5 Å². The Kier molecular flexibility index (Phi) is 6.48. The third kappa shape index (κ3) is 4.70. The van der Waals surface area contributed by atoms with Gasteiger partial charge in [0, 0.05) is 0 Å². The minimum absolute atomic E-state index is 0.974. The molecule has 0 N–H and O–H groups in total. The van der Waals surface area contributed by atoms with Crippen molar-refractivity contribution < 1.29 is 0 Å². The van der Waals surface area contributed by atoms with E-state index in [2.05, 4.69) is 118 Å². The van der Waals surface area contributed by atoms with E-state index >= 15 is 0 Å². The third-order valence-electron chi connectivity index (χ3n) is 6.18. The molecule has 0 unspecified atom stereocenters. The van der Waals surface area contributed by atoms with Crippen molar-refractivity contribution >= 4 is 17.7 Å². The van der Waals surface area contributed by atoms with Crippen molar-refractivity contribution in [2.45, 2.75) is 33.1 Å². The Morgan fingerprint density at radius 2 is 1.29 bits per heavy atom. The Morgan fingerprint density at radius 3 is 1.90 bits per heavy atom. The SMILES string of the molecule is C=c1cccc/c1=C(\CC/C(=C1\C=CC=CC1)c1ccccc1C)c1ccccc1C. The van der Waals surface area contributed by atoms with Crippen molar-refractivity contribution in [2.24, 2.45) is 0 Å². The maximum Gasteiger partial charge on any atom is -0.00914 e. The van der Waals surface area contributed by atoms with E-state index in [0.717, 1.165) is 24.5 Å². The van der Waals surface area contributed by atoms with Crippen molar-refractivity contribution in [3.63, 3.8) is 0 Å². The Morgan fingerprint density at radius 1 is 0.710 bits per heavy atom. The van der Waals surface area contributed by atoms with Crippen LogP contribution in [0.15, 0.2) is 103 Å². The van der Waals surface area contributed by atoms with Crippen LogP contribution in [-0.4, -0.2) is 0 Å². The smallest absolute Gasteiger partial charge is 0.00914 e. The zero-order valence-corrected chi connectivity index (χ0v) is 18.6. The van der Waals surface area contributed by atoms with E-state index in [9.17, 15) is 0 Å². The first-order valence-corrected chi connectivity index (χ1v) is 11.1. The lowest BCUT2D eigenvalue weighted by molar-refractivity contribution is 1.05. The first-order valence-electron chi connectivity index (χ1n) is 11.1. The number of benzene rings is 3. The molecule has 0 aromatic heterocycles. The van der Waals surface area contributed by atoms with Gasteiger partial charge in [0.05, 0.1) is 0 Å². The zero-order valence-electron chi connectivity index (χ0n) is 18.6. The Labute approximate surface area is 186 Å². The summed E-state index contributed by atoms with van der Waals surface area (Å²) in [4.78, 5) is 0. The van der Waals surface area contributed by atoms with E-state index in [4.69, 9.17) is 0 Å². The van der Waals surface area contributed by atoms with Crippen LogP contribution in [0, 0.1) is 13.8 Å². The summed E-state index contributed by atoms with van der Waals surface area (Å²) in [6.07, 6.45) is 11.8. The second kappa shape index (κ2) is 9.62. The van der Waals surface area contributed by atoms with Crippen molar-refractivity contribution in [3.8, 4) is 0 Å². The predicted octanol–water partition coefficient (Wildman–Crippen LogP) is 6.66. The molecule has 0 fully saturated rings. The molecule has 154 valence electrons. The number of hydrogen-bond donors (Lipinski definition) is 0. The van der Waals surface area contributed by atoms with Crippen molar-refractivity contribution in [1.82, 2.24) is 0 Å². The first-order chi connectivity index (χ1) is 15.1. The molecule has 4 rings (SSSR count). The summed E-state index contributed by atoms with van der Waals surface area (Å²) in [5.41, 5.74) is 9.59. The molecular weight excluding hydrogens is 372 g/mol. The standard InChI is InChI=1S/C31H30/c1-23-13-7-10-18-27(23)30(26-16-5-4-6-17-26)21-22-31(28-19-11-8-14-24(28)2)29-20-12-9-15-25(29)3/h4-16,18-20H,2,17,21-22H2,1,3H3/b30-26-,31-28-. The lowest BCUT2D eigenvalue weighted by atomic mass is 9.86. The molecule has 0 bridgehead atoms. The minimum Gasteiger partial charge on any atom is -0.0911 e. The van der Waals surface area contributed by atoms with Gasteiger partial charge in [-0.05, 0) is 82.5 Å². The highest BCUT2D eigenvalue weighted by atomic mass is 14.2. The summed E-state index contributed by atoms with van der Waals surface area (Å²) in [6, 6.07) is 26.0. The number of allylic oxidation sites excluding steroid dienone is 6. The van der Waals surface area contributed by atoms with Crippen LogP contribution < -0.4 is 10.4 Å². The molecule has 0 saturated carbocycles. The van der Waals surface area contributed by atoms with Gasteiger partial charge in [-0.15, -0.1) is 0 Å². The minimum atomic E-state index is 0.974. The van der Waals surface area contributed by atoms with Gasteiger partial charge in [0.15, 0.2) is 0 Å². The fraction of sp³-hybridized carbons (Fsp3) is 0.161. The van der Waals surface area contributed by atoms with E-state index in [-0.39, 0.29) is 0 Å². The molecule has 0 amide bonds. The van der Waals surface area contributed by atoms with Gasteiger partial charge in [-0.3, -0.25) is 0 Å². The van der Waals surface area contributed by atoms with Crippen LogP contribution in [0.25, 0.3) is 17.7 Å². The molecule has 0 nitrogen and oxygen atoms in total. The maximum atomic E-state index is 4.33. The van der Waals surface area contributed by atoms with Gasteiger partial charge in [0.2, 0.25) is 0 Å². The van der Waals surface area contributed by atoms with Crippen LogP contribution in [-0.2, 0) is 0 Å². The monoisotopic (exact) mass is 402 g/mol. The average molecular weight is 403 g/mol. The highest BCUT2D eigenvalue weighted by Gasteiger charge is 2.14. The predicted molar refractivity (Wildman–Crippen MR) is 135 cm³/mol. The highest BCUT2D eigenvalue weighted by molar-refractivity contribution is 5.76.